The van der Waals surface area contributed by atoms with Gasteiger partial charge in [-0.3, -0.25) is 9.59 Å². The van der Waals surface area contributed by atoms with Crippen LogP contribution in [0.5, 0.6) is 0 Å². The maximum atomic E-state index is 13.0. The van der Waals surface area contributed by atoms with Gasteiger partial charge in [0.15, 0.2) is 16.4 Å². The number of rotatable bonds is 5. The van der Waals surface area contributed by atoms with Gasteiger partial charge < -0.3 is 14.7 Å². The third-order valence-corrected chi connectivity index (χ3v) is 9.37. The van der Waals surface area contributed by atoms with Gasteiger partial charge in [0, 0.05) is 12.1 Å². The van der Waals surface area contributed by atoms with Crippen molar-refractivity contribution in [2.75, 3.05) is 18.1 Å². The van der Waals surface area contributed by atoms with Gasteiger partial charge in [0.25, 0.3) is 5.91 Å². The monoisotopic (exact) mass is 411 g/mol. The van der Waals surface area contributed by atoms with Crippen LogP contribution in [0.2, 0.25) is 0 Å². The fraction of sp³-hybridized carbons (Fsp3) is 0.900. The van der Waals surface area contributed by atoms with E-state index in [0.29, 0.717) is 24.7 Å². The van der Waals surface area contributed by atoms with Gasteiger partial charge in [0.1, 0.15) is 0 Å². The fourth-order valence-corrected chi connectivity index (χ4v) is 8.57. The Morgan fingerprint density at radius 1 is 1.04 bits per heavy atom. The quantitative estimate of drug-likeness (QED) is 0.679. The summed E-state index contributed by atoms with van der Waals surface area (Å²) in [6.45, 7) is -0.318. The molecule has 1 saturated heterocycles. The summed E-state index contributed by atoms with van der Waals surface area (Å²) in [4.78, 5) is 27.5. The van der Waals surface area contributed by atoms with Gasteiger partial charge in [-0.05, 0) is 69.6 Å². The maximum Gasteiger partial charge on any atom is 0.312 e. The number of aliphatic hydroxyl groups is 1. The molecule has 7 nitrogen and oxygen atoms in total. The lowest BCUT2D eigenvalue weighted by Gasteiger charge is -2.58. The van der Waals surface area contributed by atoms with Crippen LogP contribution in [0.1, 0.15) is 57.8 Å². The first-order valence-electron chi connectivity index (χ1n) is 10.6. The molecule has 0 spiro atoms. The van der Waals surface area contributed by atoms with Gasteiger partial charge in [-0.25, -0.2) is 8.42 Å². The number of amides is 1. The van der Waals surface area contributed by atoms with Crippen LogP contribution in [0.15, 0.2) is 0 Å². The first-order valence-corrected chi connectivity index (χ1v) is 12.4. The molecule has 1 amide bonds. The molecule has 8 heteroatoms. The van der Waals surface area contributed by atoms with Crippen molar-refractivity contribution in [3.05, 3.63) is 0 Å². The zero-order chi connectivity index (χ0) is 19.7. The minimum Gasteiger partial charge on any atom is -0.455 e. The van der Waals surface area contributed by atoms with Crippen LogP contribution < -0.4 is 0 Å². The molecule has 4 bridgehead atoms. The summed E-state index contributed by atoms with van der Waals surface area (Å²) >= 11 is 0. The first-order chi connectivity index (χ1) is 13.2. The molecule has 0 unspecified atom stereocenters. The Bertz CT molecular complexity index is 790. The number of ether oxygens (including phenoxy) is 1. The van der Waals surface area contributed by atoms with Crippen LogP contribution in [0.3, 0.4) is 0 Å². The maximum absolute atomic E-state index is 13.0. The lowest BCUT2D eigenvalue weighted by molar-refractivity contribution is -0.197. The molecule has 156 valence electrons. The van der Waals surface area contributed by atoms with Crippen molar-refractivity contribution in [2.45, 2.75) is 75.5 Å². The van der Waals surface area contributed by atoms with Crippen LogP contribution in [0.4, 0.5) is 0 Å². The second-order valence-corrected chi connectivity index (χ2v) is 12.4. The molecular formula is C20H29NO6S. The fourth-order valence-electron chi connectivity index (χ4n) is 6.86. The number of carbonyl (C=O) groups excluding carboxylic acids is 2. The summed E-state index contributed by atoms with van der Waals surface area (Å²) in [7, 11) is -3.08. The van der Waals surface area contributed by atoms with Crippen LogP contribution in [-0.4, -0.2) is 66.1 Å². The number of nitrogens with zero attached hydrogens (tertiary/aromatic N) is 1. The van der Waals surface area contributed by atoms with Gasteiger partial charge in [0.05, 0.1) is 22.5 Å². The standard InChI is InChI=1S/C20H29NO6S/c22-17(21(15-1-2-15)16-3-4-28(25,26)11-16)10-27-18(23)19-6-13-5-14(7-19)9-20(24,8-13)12-19/h13-16,24H,1-12H2/t13-,14-,16-,19?,20?/m1/s1. The SMILES string of the molecule is O=C(COC(=O)C12C[C@H]3C[C@@H](CC(O)(C3)C1)C2)N(C1CC1)[C@@H]1CCS(=O)(=O)C1. The van der Waals surface area contributed by atoms with Gasteiger partial charge in [-0.2, -0.15) is 0 Å². The number of carbonyl (C=O) groups is 2. The zero-order valence-corrected chi connectivity index (χ0v) is 17.0. The van der Waals surface area contributed by atoms with E-state index in [1.165, 1.54) is 0 Å². The molecule has 0 aromatic heterocycles. The van der Waals surface area contributed by atoms with Crippen LogP contribution in [0, 0.1) is 17.3 Å². The first kappa shape index (κ1) is 18.9. The number of hydrogen-bond donors (Lipinski definition) is 1. The highest BCUT2D eigenvalue weighted by atomic mass is 32.2. The van der Waals surface area contributed by atoms with Crippen LogP contribution in [0.25, 0.3) is 0 Å². The molecule has 6 rings (SSSR count). The molecule has 28 heavy (non-hydrogen) atoms. The average Bonchev–Trinajstić information content (AvgIpc) is 3.33. The van der Waals surface area contributed by atoms with E-state index < -0.39 is 20.9 Å². The Labute approximate surface area is 165 Å². The molecular weight excluding hydrogens is 382 g/mol. The second kappa shape index (κ2) is 6.17. The lowest BCUT2D eigenvalue weighted by Crippen LogP contribution is -2.58. The zero-order valence-electron chi connectivity index (χ0n) is 16.1. The number of sulfone groups is 1. The van der Waals surface area contributed by atoms with Crippen molar-refractivity contribution >= 4 is 21.7 Å². The molecule has 1 heterocycles. The second-order valence-electron chi connectivity index (χ2n) is 10.1. The van der Waals surface area contributed by atoms with Crippen molar-refractivity contribution in [1.29, 1.82) is 0 Å². The van der Waals surface area contributed by atoms with E-state index in [4.69, 9.17) is 4.74 Å². The van der Waals surface area contributed by atoms with E-state index in [2.05, 4.69) is 0 Å². The highest BCUT2D eigenvalue weighted by Crippen LogP contribution is 2.62. The summed E-state index contributed by atoms with van der Waals surface area (Å²) < 4.78 is 29.2. The largest absolute Gasteiger partial charge is 0.455 e. The van der Waals surface area contributed by atoms with Crippen molar-refractivity contribution in [3.63, 3.8) is 0 Å². The summed E-state index contributed by atoms with van der Waals surface area (Å²) in [5.41, 5.74) is -1.38. The number of esters is 1. The Kier molecular flexibility index (Phi) is 4.16. The molecule has 3 atom stereocenters. The Morgan fingerprint density at radius 2 is 1.71 bits per heavy atom. The minimum atomic E-state index is -3.08. The third kappa shape index (κ3) is 3.26. The molecule has 6 aliphatic rings. The van der Waals surface area contributed by atoms with Crippen molar-refractivity contribution in [3.8, 4) is 0 Å². The molecule has 6 fully saturated rings. The van der Waals surface area contributed by atoms with Gasteiger partial charge in [0.2, 0.25) is 0 Å². The molecule has 5 saturated carbocycles. The number of hydrogen-bond acceptors (Lipinski definition) is 6. The minimum absolute atomic E-state index is 0.0174. The van der Waals surface area contributed by atoms with Crippen molar-refractivity contribution in [1.82, 2.24) is 4.90 Å². The van der Waals surface area contributed by atoms with E-state index in [1.807, 2.05) is 0 Å². The van der Waals surface area contributed by atoms with E-state index in [-0.39, 0.29) is 42.1 Å². The van der Waals surface area contributed by atoms with Gasteiger partial charge in [-0.1, -0.05) is 0 Å². The molecule has 1 N–H and O–H groups in total. The van der Waals surface area contributed by atoms with E-state index in [0.717, 1.165) is 44.9 Å². The van der Waals surface area contributed by atoms with E-state index in [9.17, 15) is 23.1 Å². The van der Waals surface area contributed by atoms with Gasteiger partial charge >= 0.3 is 5.97 Å². The van der Waals surface area contributed by atoms with Crippen LogP contribution in [-0.2, 0) is 24.2 Å². The smallest absolute Gasteiger partial charge is 0.312 e. The summed E-state index contributed by atoms with van der Waals surface area (Å²) in [6, 6.07) is -0.200. The topological polar surface area (TPSA) is 101 Å². The van der Waals surface area contributed by atoms with Crippen molar-refractivity contribution in [2.24, 2.45) is 17.3 Å². The van der Waals surface area contributed by atoms with E-state index >= 15 is 0 Å². The summed E-state index contributed by atoms with van der Waals surface area (Å²) in [6.07, 6.45) is 6.85. The average molecular weight is 412 g/mol. The molecule has 0 radical (unpaired) electrons. The summed E-state index contributed by atoms with van der Waals surface area (Å²) in [5.74, 6) is 0.272. The molecule has 1 aliphatic heterocycles. The normalized spacial score (nSPS) is 43.1. The van der Waals surface area contributed by atoms with Gasteiger partial charge in [-0.15, -0.1) is 0 Å². The third-order valence-electron chi connectivity index (χ3n) is 7.62. The molecule has 0 aromatic carbocycles. The van der Waals surface area contributed by atoms with Crippen molar-refractivity contribution < 1.29 is 27.9 Å². The summed E-state index contributed by atoms with van der Waals surface area (Å²) in [5, 5.41) is 10.8. The highest BCUT2D eigenvalue weighted by Gasteiger charge is 2.61. The highest BCUT2D eigenvalue weighted by molar-refractivity contribution is 7.91. The predicted octanol–water partition coefficient (Wildman–Crippen LogP) is 1.04. The molecule has 5 aliphatic carbocycles. The van der Waals surface area contributed by atoms with E-state index in [1.54, 1.807) is 4.90 Å². The van der Waals surface area contributed by atoms with Crippen LogP contribution >= 0.6 is 0 Å². The predicted molar refractivity (Wildman–Crippen MR) is 100.0 cm³/mol. The Morgan fingerprint density at radius 3 is 2.25 bits per heavy atom. The molecule has 0 aromatic rings. The Balaban J connectivity index is 1.24. The lowest BCUT2D eigenvalue weighted by atomic mass is 9.48. The Hall–Kier alpha value is -1.15.